The number of carbonyl (C=O) groups is 3. The van der Waals surface area contributed by atoms with E-state index in [4.69, 9.17) is 24.5 Å². The first-order valence-corrected chi connectivity index (χ1v) is 33.2. The Hall–Kier alpha value is -11.1. The van der Waals surface area contributed by atoms with E-state index in [1.54, 1.807) is 51.2 Å². The molecule has 15 rings (SSSR count). The summed E-state index contributed by atoms with van der Waals surface area (Å²) in [4.78, 5) is 105. The number of H-pyrrole nitrogens is 3. The number of alkyl halides is 3. The van der Waals surface area contributed by atoms with E-state index in [1.807, 2.05) is 95.3 Å². The van der Waals surface area contributed by atoms with Crippen LogP contribution in [-0.4, -0.2) is 148 Å². The summed E-state index contributed by atoms with van der Waals surface area (Å²) in [5.41, 5.74) is 0.390. The fraction of sp³-hybridized carbons (Fsp3) is 0.342. The quantitative estimate of drug-likeness (QED) is 0.0638. The summed E-state index contributed by atoms with van der Waals surface area (Å²) in [5, 5.41) is 17.1. The summed E-state index contributed by atoms with van der Waals surface area (Å²) in [6, 6.07) is 20.0. The SMILES string of the molecule is Cc1cn2cc(-c3cc(F)c4nc(C5(F)CCN(C(=O)OC(C)(C)C)CC5)[nH]c(=O)c4c3)ccc2n1.Cc1cn2cc(-c3cc(F)c4nc(C5(F)CCN(C(C)C)CC5)[nH]c(=O)c4c3)ccc2n1.Cc1cn2cc(-c3cc(F)c4nc(C5(F)CCNCC5)[nH]c(=O)c4c3)ccc2n1.O=CO.O=CO. The lowest BCUT2D eigenvalue weighted by Crippen LogP contribution is -2.46. The first-order chi connectivity index (χ1) is 48.9. The maximum Gasteiger partial charge on any atom is 0.410 e. The molecule has 0 aliphatic carbocycles. The van der Waals surface area contributed by atoms with Crippen LogP contribution in [0.3, 0.4) is 0 Å². The molecule has 3 fully saturated rings. The number of likely N-dealkylation sites (tertiary alicyclic amines) is 2. The van der Waals surface area contributed by atoms with E-state index < -0.39 is 62.8 Å². The Bertz CT molecular complexity index is 5390. The van der Waals surface area contributed by atoms with Crippen molar-refractivity contribution < 1.29 is 55.7 Å². The molecular formula is C73H75F6N15O9. The largest absolute Gasteiger partial charge is 0.483 e. The number of halogens is 6. The van der Waals surface area contributed by atoms with Gasteiger partial charge in [-0.05, 0) is 175 Å². The molecule has 3 aromatic carbocycles. The van der Waals surface area contributed by atoms with E-state index >= 15 is 22.0 Å². The highest BCUT2D eigenvalue weighted by atomic mass is 19.2. The first kappa shape index (κ1) is 73.1. The number of rotatable bonds is 7. The number of benzene rings is 3. The number of pyridine rings is 3. The van der Waals surface area contributed by atoms with Crippen LogP contribution in [-0.2, 0) is 31.3 Å². The molecule has 24 nitrogen and oxygen atoms in total. The molecular weight excluding hydrogens is 1340 g/mol. The molecule has 12 heterocycles. The fourth-order valence-electron chi connectivity index (χ4n) is 12.9. The summed E-state index contributed by atoms with van der Waals surface area (Å²) in [7, 11) is 0. The van der Waals surface area contributed by atoms with Gasteiger partial charge in [-0.1, -0.05) is 0 Å². The normalized spacial score (nSPS) is 15.7. The van der Waals surface area contributed by atoms with Crippen LogP contribution in [0.15, 0.2) is 124 Å². The number of nitrogens with zero attached hydrogens (tertiary/aromatic N) is 11. The van der Waals surface area contributed by atoms with Crippen LogP contribution in [0.5, 0.6) is 0 Å². The van der Waals surface area contributed by atoms with Gasteiger partial charge >= 0.3 is 6.09 Å². The smallest absolute Gasteiger partial charge is 0.410 e. The Labute approximate surface area is 583 Å². The Balaban J connectivity index is 0.000000150. The molecule has 1 amide bonds. The highest BCUT2D eigenvalue weighted by Crippen LogP contribution is 2.39. The van der Waals surface area contributed by atoms with Gasteiger partial charge in [0.1, 0.15) is 74.0 Å². The van der Waals surface area contributed by atoms with Crippen LogP contribution < -0.4 is 22.0 Å². The summed E-state index contributed by atoms with van der Waals surface area (Å²) in [6.07, 6.45) is 11.2. The van der Waals surface area contributed by atoms with Gasteiger partial charge in [0, 0.05) is 108 Å². The molecule has 12 aromatic rings. The number of carbonyl (C=O) groups excluding carboxylic acids is 1. The number of ether oxygens (including phenoxy) is 1. The highest BCUT2D eigenvalue weighted by Gasteiger charge is 2.43. The third kappa shape index (κ3) is 15.8. The van der Waals surface area contributed by atoms with Gasteiger partial charge in [0.2, 0.25) is 0 Å². The van der Waals surface area contributed by atoms with E-state index in [-0.39, 0.29) is 115 Å². The van der Waals surface area contributed by atoms with Gasteiger partial charge in [-0.15, -0.1) is 0 Å². The van der Waals surface area contributed by atoms with Crippen LogP contribution in [0.25, 0.3) is 83.0 Å². The van der Waals surface area contributed by atoms with Crippen molar-refractivity contribution in [2.45, 2.75) is 123 Å². The average molecular weight is 1420 g/mol. The van der Waals surface area contributed by atoms with Crippen molar-refractivity contribution in [2.75, 3.05) is 39.3 Å². The third-order valence-corrected chi connectivity index (χ3v) is 18.2. The van der Waals surface area contributed by atoms with Crippen molar-refractivity contribution >= 4 is 68.7 Å². The summed E-state index contributed by atoms with van der Waals surface area (Å²) in [5.74, 6) is -2.42. The molecule has 6 N–H and O–H groups in total. The Morgan fingerprint density at radius 1 is 0.495 bits per heavy atom. The lowest BCUT2D eigenvalue weighted by molar-refractivity contribution is -0.123. The number of amides is 1. The van der Waals surface area contributed by atoms with Gasteiger partial charge in [-0.25, -0.2) is 61.0 Å². The summed E-state index contributed by atoms with van der Waals surface area (Å²) >= 11 is 0. The second-order valence-corrected chi connectivity index (χ2v) is 27.0. The van der Waals surface area contributed by atoms with Gasteiger partial charge in [-0.3, -0.25) is 24.0 Å². The molecule has 9 aromatic heterocycles. The third-order valence-electron chi connectivity index (χ3n) is 18.2. The van der Waals surface area contributed by atoms with Gasteiger partial charge in [0.05, 0.1) is 33.2 Å². The Morgan fingerprint density at radius 2 is 0.806 bits per heavy atom. The number of piperidine rings is 3. The molecule has 0 atom stereocenters. The van der Waals surface area contributed by atoms with Crippen LogP contribution in [0.1, 0.15) is 108 Å². The minimum atomic E-state index is -2.00. The van der Waals surface area contributed by atoms with Gasteiger partial charge in [0.15, 0.2) is 17.0 Å². The van der Waals surface area contributed by atoms with Crippen molar-refractivity contribution in [2.24, 2.45) is 0 Å². The average Bonchev–Trinajstić information content (AvgIpc) is 0.926. The van der Waals surface area contributed by atoms with Gasteiger partial charge < -0.3 is 58.2 Å². The fourth-order valence-corrected chi connectivity index (χ4v) is 12.9. The molecule has 30 heteroatoms. The number of aryl methyl sites for hydroxylation is 3. The summed E-state index contributed by atoms with van der Waals surface area (Å²) in [6.45, 7) is 16.9. The zero-order valence-electron chi connectivity index (χ0n) is 57.5. The molecule has 3 aliphatic heterocycles. The number of nitrogens with one attached hydrogen (secondary N) is 4. The van der Waals surface area contributed by atoms with E-state index in [1.165, 1.54) is 23.1 Å². The first-order valence-electron chi connectivity index (χ1n) is 33.2. The zero-order chi connectivity index (χ0) is 74.0. The molecule has 103 heavy (non-hydrogen) atoms. The van der Waals surface area contributed by atoms with Crippen LogP contribution >= 0.6 is 0 Å². The monoisotopic (exact) mass is 1420 g/mol. The lowest BCUT2D eigenvalue weighted by Gasteiger charge is -2.37. The highest BCUT2D eigenvalue weighted by molar-refractivity contribution is 5.87. The number of hydrogen-bond acceptors (Lipinski definition) is 15. The Kier molecular flexibility index (Phi) is 20.9. The van der Waals surface area contributed by atoms with E-state index in [0.717, 1.165) is 45.2 Å². The van der Waals surface area contributed by atoms with Gasteiger partial charge in [-0.2, -0.15) is 0 Å². The predicted molar refractivity (Wildman–Crippen MR) is 375 cm³/mol. The van der Waals surface area contributed by atoms with E-state index in [9.17, 15) is 23.6 Å². The van der Waals surface area contributed by atoms with E-state index in [2.05, 4.69) is 68.9 Å². The minimum absolute atomic E-state index is 0.0328. The number of carboxylic acid groups (broad SMARTS) is 2. The predicted octanol–water partition coefficient (Wildman–Crippen LogP) is 11.9. The molecule has 3 aliphatic rings. The molecule has 0 bridgehead atoms. The standard InChI is InChI=1S/C26H27F2N5O3.C24H25F2N5O.C21H19F2N5O.2CH2O2/c1-15-13-33-14-16(5-6-20(33)29-15)17-11-18-21(19(27)12-17)30-23(31-22(18)34)26(28)7-9-32(10-8-26)24(35)36-25(2,3)4;1-14(2)30-8-6-24(26,7-9-30)23-28-21-18(22(32)29-23)10-17(11-19(21)25)16-4-5-20-27-15(3)12-31(20)13-16;1-12-10-28-11-13(2-3-17(28)25-12)14-8-15-18(16(22)9-14)26-20(27-19(15)29)21(23)4-6-24-7-5-21;2*2-1-3/h5-6,11-14H,7-10H2,1-4H3,(H,30,31,34);4-5,10-14H,6-9H2,1-3H3,(H,28,29,32);2-3,8-11,24H,4-7H2,1H3,(H,26,27,29);2*1H,(H,2,3). The van der Waals surface area contributed by atoms with Crippen molar-refractivity contribution in [1.29, 1.82) is 0 Å². The zero-order valence-corrected chi connectivity index (χ0v) is 57.5. The number of aromatic amines is 3. The number of imidazole rings is 3. The molecule has 0 radical (unpaired) electrons. The topological polar surface area (TPSA) is 309 Å². The van der Waals surface area contributed by atoms with Crippen molar-refractivity contribution in [3.05, 3.63) is 193 Å². The lowest BCUT2D eigenvalue weighted by atomic mass is 9.91. The summed E-state index contributed by atoms with van der Waals surface area (Å²) < 4.78 is 103. The second-order valence-electron chi connectivity index (χ2n) is 27.0. The number of fused-ring (bicyclic) bond motifs is 6. The van der Waals surface area contributed by atoms with Crippen LogP contribution in [0, 0.1) is 38.2 Å². The Morgan fingerprint density at radius 3 is 1.12 bits per heavy atom. The minimum Gasteiger partial charge on any atom is -0.483 e. The second kappa shape index (κ2) is 29.4. The van der Waals surface area contributed by atoms with Crippen LogP contribution in [0.2, 0.25) is 0 Å². The maximum absolute atomic E-state index is 15.9. The van der Waals surface area contributed by atoms with Crippen molar-refractivity contribution in [3.63, 3.8) is 0 Å². The molecule has 0 unspecified atom stereocenters. The van der Waals surface area contributed by atoms with Crippen molar-refractivity contribution in [3.8, 4) is 33.4 Å². The van der Waals surface area contributed by atoms with Crippen molar-refractivity contribution in [1.82, 2.24) is 73.2 Å². The van der Waals surface area contributed by atoms with Crippen LogP contribution in [0.4, 0.5) is 31.1 Å². The van der Waals surface area contributed by atoms with E-state index in [0.29, 0.717) is 54.5 Å². The maximum atomic E-state index is 15.9. The molecule has 0 spiro atoms. The van der Waals surface area contributed by atoms with Gasteiger partial charge in [0.25, 0.3) is 29.6 Å². The molecule has 3 saturated heterocycles. The molecule has 538 valence electrons. The molecule has 0 saturated carbocycles. The number of hydrogen-bond donors (Lipinski definition) is 6. The number of aromatic nitrogens is 12.